The summed E-state index contributed by atoms with van der Waals surface area (Å²) in [5.74, 6) is 0.113. The van der Waals surface area contributed by atoms with Gasteiger partial charge in [-0.25, -0.2) is 0 Å². The Bertz CT molecular complexity index is 836. The molecule has 4 rings (SSSR count). The molecule has 0 spiro atoms. The van der Waals surface area contributed by atoms with Crippen molar-refractivity contribution in [2.75, 3.05) is 57.4 Å². The van der Waals surface area contributed by atoms with Crippen LogP contribution in [0.1, 0.15) is 27.0 Å². The van der Waals surface area contributed by atoms with Crippen LogP contribution in [0.15, 0.2) is 42.5 Å². The van der Waals surface area contributed by atoms with E-state index < -0.39 is 0 Å². The molecule has 2 saturated heterocycles. The average Bonchev–Trinajstić information content (AvgIpc) is 2.77. The number of carbonyl (C=O) groups excluding carboxylic acids is 1. The van der Waals surface area contributed by atoms with Crippen molar-refractivity contribution < 1.29 is 9.53 Å². The molecule has 29 heavy (non-hydrogen) atoms. The molecule has 5 heteroatoms. The molecule has 2 aliphatic rings. The number of anilines is 1. The Morgan fingerprint density at radius 1 is 0.897 bits per heavy atom. The summed E-state index contributed by atoms with van der Waals surface area (Å²) in [5, 5.41) is 0. The van der Waals surface area contributed by atoms with E-state index >= 15 is 0 Å². The van der Waals surface area contributed by atoms with E-state index in [9.17, 15) is 4.79 Å². The summed E-state index contributed by atoms with van der Waals surface area (Å²) >= 11 is 0. The highest BCUT2D eigenvalue weighted by molar-refractivity contribution is 5.94. The maximum atomic E-state index is 12.6. The summed E-state index contributed by atoms with van der Waals surface area (Å²) in [6.07, 6.45) is 0. The van der Waals surface area contributed by atoms with Crippen molar-refractivity contribution in [2.45, 2.75) is 20.4 Å². The lowest BCUT2D eigenvalue weighted by molar-refractivity contribution is 0.0303. The van der Waals surface area contributed by atoms with Gasteiger partial charge in [-0.05, 0) is 48.7 Å². The topological polar surface area (TPSA) is 36.0 Å². The third-order valence-electron chi connectivity index (χ3n) is 6.19. The van der Waals surface area contributed by atoms with Crippen LogP contribution in [0, 0.1) is 13.8 Å². The maximum Gasteiger partial charge on any atom is 0.254 e. The molecule has 2 aromatic carbocycles. The quantitative estimate of drug-likeness (QED) is 0.800. The molecule has 0 bridgehead atoms. The number of aryl methyl sites for hydroxylation is 1. The Balaban J connectivity index is 1.31. The van der Waals surface area contributed by atoms with Gasteiger partial charge in [-0.2, -0.15) is 0 Å². The number of morpholine rings is 1. The van der Waals surface area contributed by atoms with Gasteiger partial charge in [0.1, 0.15) is 0 Å². The largest absolute Gasteiger partial charge is 0.378 e. The zero-order chi connectivity index (χ0) is 20.2. The minimum Gasteiger partial charge on any atom is -0.378 e. The highest BCUT2D eigenvalue weighted by Gasteiger charge is 2.20. The second kappa shape index (κ2) is 8.97. The second-order valence-electron chi connectivity index (χ2n) is 8.08. The van der Waals surface area contributed by atoms with Gasteiger partial charge < -0.3 is 14.5 Å². The maximum absolute atomic E-state index is 12.6. The molecule has 0 aromatic heterocycles. The molecule has 0 aliphatic carbocycles. The summed E-state index contributed by atoms with van der Waals surface area (Å²) in [6, 6.07) is 14.7. The van der Waals surface area contributed by atoms with E-state index in [2.05, 4.69) is 54.0 Å². The van der Waals surface area contributed by atoms with E-state index in [-0.39, 0.29) is 5.91 Å². The van der Waals surface area contributed by atoms with Gasteiger partial charge in [-0.1, -0.05) is 24.3 Å². The lowest BCUT2D eigenvalue weighted by atomic mass is 10.1. The molecule has 2 heterocycles. The van der Waals surface area contributed by atoms with Crippen molar-refractivity contribution in [2.24, 2.45) is 0 Å². The second-order valence-corrected chi connectivity index (χ2v) is 8.08. The molecule has 0 radical (unpaired) electrons. The normalized spacial score (nSPS) is 18.1. The molecule has 2 aromatic rings. The predicted molar refractivity (Wildman–Crippen MR) is 117 cm³/mol. The first-order valence-corrected chi connectivity index (χ1v) is 10.6. The molecule has 0 saturated carbocycles. The van der Waals surface area contributed by atoms with Crippen molar-refractivity contribution >= 4 is 11.6 Å². The molecular weight excluding hydrogens is 362 g/mol. The molecule has 1 amide bonds. The van der Waals surface area contributed by atoms with E-state index in [1.807, 2.05) is 17.0 Å². The fourth-order valence-electron chi connectivity index (χ4n) is 4.19. The number of benzene rings is 2. The van der Waals surface area contributed by atoms with Gasteiger partial charge in [0.05, 0.1) is 13.2 Å². The Kier molecular flexibility index (Phi) is 6.16. The number of hydrogen-bond donors (Lipinski definition) is 0. The lowest BCUT2D eigenvalue weighted by Crippen LogP contribution is -2.46. The van der Waals surface area contributed by atoms with Crippen LogP contribution in [0.4, 0.5) is 5.69 Å². The van der Waals surface area contributed by atoms with Gasteiger partial charge >= 0.3 is 0 Å². The van der Waals surface area contributed by atoms with Crippen LogP contribution in [0.2, 0.25) is 0 Å². The van der Waals surface area contributed by atoms with Gasteiger partial charge in [0, 0.05) is 57.1 Å². The number of hydrogen-bond acceptors (Lipinski definition) is 4. The van der Waals surface area contributed by atoms with E-state index in [1.165, 1.54) is 22.4 Å². The Labute approximate surface area is 173 Å². The minimum atomic E-state index is 0.113. The number of rotatable bonds is 4. The van der Waals surface area contributed by atoms with Crippen molar-refractivity contribution in [3.63, 3.8) is 0 Å². The SMILES string of the molecule is Cc1cccc(N2CCN(Cc3ccc(C(=O)N4CCOCC4)cc3)CC2)c1C. The van der Waals surface area contributed by atoms with E-state index in [0.29, 0.717) is 26.3 Å². The summed E-state index contributed by atoms with van der Waals surface area (Å²) < 4.78 is 5.33. The van der Waals surface area contributed by atoms with Crippen LogP contribution >= 0.6 is 0 Å². The Morgan fingerprint density at radius 2 is 1.59 bits per heavy atom. The van der Waals surface area contributed by atoms with Crippen molar-refractivity contribution in [3.8, 4) is 0 Å². The number of carbonyl (C=O) groups is 1. The first-order valence-electron chi connectivity index (χ1n) is 10.6. The molecule has 0 N–H and O–H groups in total. The van der Waals surface area contributed by atoms with Gasteiger partial charge in [0.2, 0.25) is 0 Å². The summed E-state index contributed by atoms with van der Waals surface area (Å²) in [7, 11) is 0. The van der Waals surface area contributed by atoms with E-state index in [4.69, 9.17) is 4.74 Å². The smallest absolute Gasteiger partial charge is 0.254 e. The highest BCUT2D eigenvalue weighted by Crippen LogP contribution is 2.24. The monoisotopic (exact) mass is 393 g/mol. The fraction of sp³-hybridized carbons (Fsp3) is 0.458. The Hall–Kier alpha value is -2.37. The van der Waals surface area contributed by atoms with Crippen molar-refractivity contribution in [3.05, 3.63) is 64.7 Å². The van der Waals surface area contributed by atoms with Crippen molar-refractivity contribution in [1.29, 1.82) is 0 Å². The lowest BCUT2D eigenvalue weighted by Gasteiger charge is -2.37. The third kappa shape index (κ3) is 4.62. The van der Waals surface area contributed by atoms with Gasteiger partial charge in [0.15, 0.2) is 0 Å². The zero-order valence-electron chi connectivity index (χ0n) is 17.6. The Morgan fingerprint density at radius 3 is 2.28 bits per heavy atom. The van der Waals surface area contributed by atoms with Crippen LogP contribution in [0.3, 0.4) is 0 Å². The molecule has 0 atom stereocenters. The zero-order valence-corrected chi connectivity index (χ0v) is 17.6. The van der Waals surface area contributed by atoms with Gasteiger partial charge in [-0.15, -0.1) is 0 Å². The molecule has 154 valence electrons. The van der Waals surface area contributed by atoms with Crippen LogP contribution in [-0.2, 0) is 11.3 Å². The summed E-state index contributed by atoms with van der Waals surface area (Å²) in [4.78, 5) is 19.5. The molecule has 5 nitrogen and oxygen atoms in total. The van der Waals surface area contributed by atoms with Crippen molar-refractivity contribution in [1.82, 2.24) is 9.80 Å². The first kappa shape index (κ1) is 19.9. The standard InChI is InChI=1S/C24H31N3O2/c1-19-4-3-5-23(20(19)2)26-12-10-25(11-13-26)18-21-6-8-22(9-7-21)24(28)27-14-16-29-17-15-27/h3-9H,10-18H2,1-2H3. The number of nitrogens with zero attached hydrogens (tertiary/aromatic N) is 3. The van der Waals surface area contributed by atoms with E-state index in [0.717, 1.165) is 38.3 Å². The summed E-state index contributed by atoms with van der Waals surface area (Å²) in [6.45, 7) is 12.2. The van der Waals surface area contributed by atoms with Gasteiger partial charge in [0.25, 0.3) is 5.91 Å². The predicted octanol–water partition coefficient (Wildman–Crippen LogP) is 3.10. The molecule has 2 fully saturated rings. The molecule has 2 aliphatic heterocycles. The van der Waals surface area contributed by atoms with Crippen LogP contribution < -0.4 is 4.90 Å². The van der Waals surface area contributed by atoms with Crippen LogP contribution in [-0.4, -0.2) is 68.2 Å². The molecular formula is C24H31N3O2. The number of amides is 1. The van der Waals surface area contributed by atoms with Crippen LogP contribution in [0.25, 0.3) is 0 Å². The average molecular weight is 394 g/mol. The van der Waals surface area contributed by atoms with E-state index in [1.54, 1.807) is 0 Å². The number of piperazine rings is 1. The fourth-order valence-corrected chi connectivity index (χ4v) is 4.19. The minimum absolute atomic E-state index is 0.113. The van der Waals surface area contributed by atoms with Crippen LogP contribution in [0.5, 0.6) is 0 Å². The number of ether oxygens (including phenoxy) is 1. The molecule has 0 unspecified atom stereocenters. The third-order valence-corrected chi connectivity index (χ3v) is 6.19. The van der Waals surface area contributed by atoms with Gasteiger partial charge in [-0.3, -0.25) is 9.69 Å². The first-order chi connectivity index (χ1) is 14.1. The summed E-state index contributed by atoms with van der Waals surface area (Å²) in [5.41, 5.74) is 6.16. The highest BCUT2D eigenvalue weighted by atomic mass is 16.5.